The molecule has 1 aromatic rings. The summed E-state index contributed by atoms with van der Waals surface area (Å²) in [5, 5.41) is 8.69. The van der Waals surface area contributed by atoms with Crippen molar-refractivity contribution in [2.75, 3.05) is 0 Å². The molecule has 1 aromatic carbocycles. The summed E-state index contributed by atoms with van der Waals surface area (Å²) in [6, 6.07) is 8.65. The molecule has 0 heterocycles. The first-order valence-corrected chi connectivity index (χ1v) is 8.03. The normalized spacial score (nSPS) is 20.8. The van der Waals surface area contributed by atoms with E-state index in [2.05, 4.69) is 44.2 Å². The minimum absolute atomic E-state index is 0.622. The minimum atomic E-state index is -0.914. The lowest BCUT2D eigenvalue weighted by Gasteiger charge is -2.24. The molecule has 0 amide bonds. The zero-order valence-corrected chi connectivity index (χ0v) is 14.0. The number of carboxylic acid groups (broad SMARTS) is 1. The Hall–Kier alpha value is -2.35. The molecule has 0 unspecified atom stereocenters. The molecule has 2 heteroatoms. The number of allylic oxidation sites excluding steroid dienone is 7. The van der Waals surface area contributed by atoms with Gasteiger partial charge in [0.15, 0.2) is 0 Å². The van der Waals surface area contributed by atoms with Crippen LogP contribution in [0.25, 0.3) is 5.57 Å². The SMILES string of the molecule is CC(=C/C=C/C(C)=C/C(=O)O)/C=C1\CC[C@H](C)c2ccccc21. The largest absolute Gasteiger partial charge is 0.478 e. The first kappa shape index (κ1) is 17.0. The van der Waals surface area contributed by atoms with Gasteiger partial charge in [0, 0.05) is 6.08 Å². The lowest BCUT2D eigenvalue weighted by atomic mass is 9.80. The molecule has 2 nitrogen and oxygen atoms in total. The third kappa shape index (κ3) is 4.82. The molecule has 0 aromatic heterocycles. The maximum atomic E-state index is 10.6. The molecule has 0 radical (unpaired) electrons. The van der Waals surface area contributed by atoms with E-state index in [1.165, 1.54) is 34.8 Å². The highest BCUT2D eigenvalue weighted by atomic mass is 16.4. The van der Waals surface area contributed by atoms with Gasteiger partial charge in [0.1, 0.15) is 0 Å². The first-order chi connectivity index (χ1) is 11.0. The zero-order valence-electron chi connectivity index (χ0n) is 14.0. The van der Waals surface area contributed by atoms with Gasteiger partial charge in [0.2, 0.25) is 0 Å². The average molecular weight is 308 g/mol. The van der Waals surface area contributed by atoms with Gasteiger partial charge < -0.3 is 5.11 Å². The van der Waals surface area contributed by atoms with E-state index in [0.717, 1.165) is 12.0 Å². The monoisotopic (exact) mass is 308 g/mol. The van der Waals surface area contributed by atoms with Crippen molar-refractivity contribution >= 4 is 11.5 Å². The number of benzene rings is 1. The van der Waals surface area contributed by atoms with Crippen LogP contribution in [0, 0.1) is 0 Å². The quantitative estimate of drug-likeness (QED) is 0.589. The minimum Gasteiger partial charge on any atom is -0.478 e. The summed E-state index contributed by atoms with van der Waals surface area (Å²) < 4.78 is 0. The van der Waals surface area contributed by atoms with Gasteiger partial charge in [-0.2, -0.15) is 0 Å². The Bertz CT molecular complexity index is 702. The Labute approximate surface area is 138 Å². The number of hydrogen-bond donors (Lipinski definition) is 1. The summed E-state index contributed by atoms with van der Waals surface area (Å²) in [5.41, 5.74) is 6.09. The van der Waals surface area contributed by atoms with Crippen LogP contribution in [0.5, 0.6) is 0 Å². The molecular formula is C21H24O2. The van der Waals surface area contributed by atoms with Crippen LogP contribution in [0.4, 0.5) is 0 Å². The van der Waals surface area contributed by atoms with Crippen LogP contribution in [0.2, 0.25) is 0 Å². The predicted molar refractivity (Wildman–Crippen MR) is 96.4 cm³/mol. The number of rotatable bonds is 4. The fourth-order valence-electron chi connectivity index (χ4n) is 2.95. The third-order valence-corrected chi connectivity index (χ3v) is 4.16. The molecule has 0 aliphatic heterocycles. The van der Waals surface area contributed by atoms with Gasteiger partial charge in [-0.05, 0) is 54.9 Å². The van der Waals surface area contributed by atoms with Crippen LogP contribution in [-0.2, 0) is 4.79 Å². The molecule has 2 rings (SSSR count). The summed E-state index contributed by atoms with van der Waals surface area (Å²) in [6.45, 7) is 6.15. The first-order valence-electron chi connectivity index (χ1n) is 8.03. The summed E-state index contributed by atoms with van der Waals surface area (Å²) in [4.78, 5) is 10.6. The summed E-state index contributed by atoms with van der Waals surface area (Å²) in [7, 11) is 0. The topological polar surface area (TPSA) is 37.3 Å². The van der Waals surface area contributed by atoms with E-state index in [-0.39, 0.29) is 0 Å². The van der Waals surface area contributed by atoms with Crippen molar-refractivity contribution in [3.63, 3.8) is 0 Å². The van der Waals surface area contributed by atoms with Gasteiger partial charge in [0.25, 0.3) is 0 Å². The Balaban J connectivity index is 2.19. The van der Waals surface area contributed by atoms with E-state index < -0.39 is 5.97 Å². The smallest absolute Gasteiger partial charge is 0.328 e. The van der Waals surface area contributed by atoms with Gasteiger partial charge >= 0.3 is 5.97 Å². The molecule has 0 saturated carbocycles. The fraction of sp³-hybridized carbons (Fsp3) is 0.286. The lowest BCUT2D eigenvalue weighted by Crippen LogP contribution is -2.05. The van der Waals surface area contributed by atoms with E-state index >= 15 is 0 Å². The van der Waals surface area contributed by atoms with Gasteiger partial charge in [-0.25, -0.2) is 4.79 Å². The van der Waals surface area contributed by atoms with Crippen molar-refractivity contribution in [3.05, 3.63) is 76.9 Å². The summed E-state index contributed by atoms with van der Waals surface area (Å²) >= 11 is 0. The van der Waals surface area contributed by atoms with Crippen LogP contribution >= 0.6 is 0 Å². The predicted octanol–water partition coefficient (Wildman–Crippen LogP) is 5.50. The highest BCUT2D eigenvalue weighted by Crippen LogP contribution is 2.38. The Kier molecular flexibility index (Phi) is 5.75. The molecule has 0 bridgehead atoms. The fourth-order valence-corrected chi connectivity index (χ4v) is 2.95. The van der Waals surface area contributed by atoms with Gasteiger partial charge in [0.05, 0.1) is 0 Å². The van der Waals surface area contributed by atoms with E-state index in [1.54, 1.807) is 6.92 Å². The number of carbonyl (C=O) groups is 1. The van der Waals surface area contributed by atoms with Crippen molar-refractivity contribution < 1.29 is 9.90 Å². The van der Waals surface area contributed by atoms with Crippen molar-refractivity contribution in [1.82, 2.24) is 0 Å². The van der Waals surface area contributed by atoms with Crippen molar-refractivity contribution in [2.24, 2.45) is 0 Å². The number of fused-ring (bicyclic) bond motifs is 1. The molecule has 120 valence electrons. The van der Waals surface area contributed by atoms with E-state index in [4.69, 9.17) is 5.11 Å². The zero-order chi connectivity index (χ0) is 16.8. The van der Waals surface area contributed by atoms with E-state index in [1.807, 2.05) is 18.2 Å². The van der Waals surface area contributed by atoms with Gasteiger partial charge in [-0.1, -0.05) is 61.1 Å². The molecule has 23 heavy (non-hydrogen) atoms. The second-order valence-corrected chi connectivity index (χ2v) is 6.19. The Morgan fingerprint density at radius 3 is 2.70 bits per heavy atom. The summed E-state index contributed by atoms with van der Waals surface area (Å²) in [6.07, 6.45) is 11.5. The van der Waals surface area contributed by atoms with E-state index in [9.17, 15) is 4.79 Å². The van der Waals surface area contributed by atoms with Crippen LogP contribution < -0.4 is 0 Å². The molecule has 0 saturated heterocycles. The second-order valence-electron chi connectivity index (χ2n) is 6.19. The van der Waals surface area contributed by atoms with E-state index in [0.29, 0.717) is 5.92 Å². The van der Waals surface area contributed by atoms with Crippen molar-refractivity contribution in [1.29, 1.82) is 0 Å². The van der Waals surface area contributed by atoms with Crippen LogP contribution in [0.15, 0.2) is 65.8 Å². The number of hydrogen-bond acceptors (Lipinski definition) is 1. The standard InChI is InChI=1S/C21H24O2/c1-15(7-6-8-16(2)14-21(22)23)13-18-12-11-17(3)19-9-4-5-10-20(18)19/h4-10,13-14,17H,11-12H2,1-3H3,(H,22,23)/b8-6+,15-7-,16-14+,18-13+/t17-/m0/s1. The van der Waals surface area contributed by atoms with Crippen molar-refractivity contribution in [3.8, 4) is 0 Å². The molecule has 1 atom stereocenters. The number of aliphatic carboxylic acids is 1. The number of carboxylic acids is 1. The highest BCUT2D eigenvalue weighted by Gasteiger charge is 2.18. The van der Waals surface area contributed by atoms with Crippen LogP contribution in [0.3, 0.4) is 0 Å². The maximum absolute atomic E-state index is 10.6. The third-order valence-electron chi connectivity index (χ3n) is 4.16. The molecule has 1 aliphatic rings. The lowest BCUT2D eigenvalue weighted by molar-refractivity contribution is -0.131. The van der Waals surface area contributed by atoms with Crippen LogP contribution in [-0.4, -0.2) is 11.1 Å². The highest BCUT2D eigenvalue weighted by molar-refractivity contribution is 5.81. The summed E-state index contributed by atoms with van der Waals surface area (Å²) in [5.74, 6) is -0.292. The average Bonchev–Trinajstić information content (AvgIpc) is 2.49. The maximum Gasteiger partial charge on any atom is 0.328 e. The molecular weight excluding hydrogens is 284 g/mol. The molecule has 0 spiro atoms. The molecule has 0 fully saturated rings. The van der Waals surface area contributed by atoms with Gasteiger partial charge in [-0.3, -0.25) is 0 Å². The van der Waals surface area contributed by atoms with Crippen LogP contribution in [0.1, 0.15) is 50.7 Å². The molecule has 1 aliphatic carbocycles. The Morgan fingerprint density at radius 2 is 1.96 bits per heavy atom. The van der Waals surface area contributed by atoms with Gasteiger partial charge in [-0.15, -0.1) is 0 Å². The van der Waals surface area contributed by atoms with Crippen molar-refractivity contribution in [2.45, 2.75) is 39.5 Å². The second kappa shape index (κ2) is 7.77. The molecule has 1 N–H and O–H groups in total. The Morgan fingerprint density at radius 1 is 1.22 bits per heavy atom.